The normalized spacial score (nSPS) is 12.3. The molecule has 1 N–H and O–H groups in total. The Balaban J connectivity index is 1.78. The van der Waals surface area contributed by atoms with Crippen LogP contribution in [0.5, 0.6) is 0 Å². The molecule has 3 rings (SSSR count). The molecule has 0 saturated carbocycles. The third-order valence-corrected chi connectivity index (χ3v) is 7.20. The first kappa shape index (κ1) is 22.6. The van der Waals surface area contributed by atoms with E-state index in [1.54, 1.807) is 61.5 Å². The van der Waals surface area contributed by atoms with E-state index >= 15 is 0 Å². The van der Waals surface area contributed by atoms with Gasteiger partial charge >= 0.3 is 0 Å². The van der Waals surface area contributed by atoms with E-state index in [0.29, 0.717) is 11.3 Å². The Labute approximate surface area is 184 Å². The van der Waals surface area contributed by atoms with Crippen molar-refractivity contribution in [3.05, 3.63) is 95.1 Å². The fourth-order valence-electron chi connectivity index (χ4n) is 3.57. The van der Waals surface area contributed by atoms with Gasteiger partial charge in [-0.1, -0.05) is 42.0 Å². The molecule has 6 heteroatoms. The molecule has 0 aliphatic heterocycles. The van der Waals surface area contributed by atoms with Gasteiger partial charge in [0.1, 0.15) is 0 Å². The Kier molecular flexibility index (Phi) is 6.81. The molecule has 3 aromatic carbocycles. The molecule has 0 aliphatic carbocycles. The Bertz CT molecular complexity index is 1160. The molecule has 0 fully saturated rings. The highest BCUT2D eigenvalue weighted by Crippen LogP contribution is 2.24. The first-order valence-corrected chi connectivity index (χ1v) is 11.7. The number of aryl methyl sites for hydroxylation is 2. The third kappa shape index (κ3) is 4.97. The molecule has 0 aromatic heterocycles. The second-order valence-corrected chi connectivity index (χ2v) is 9.45. The average Bonchev–Trinajstić information content (AvgIpc) is 2.76. The number of nitrogens with zero attached hydrogens (tertiary/aromatic N) is 1. The predicted octanol–water partition coefficient (Wildman–Crippen LogP) is 5.01. The zero-order chi connectivity index (χ0) is 22.6. The molecule has 0 radical (unpaired) electrons. The van der Waals surface area contributed by atoms with Crippen LogP contribution in [0.3, 0.4) is 0 Å². The summed E-state index contributed by atoms with van der Waals surface area (Å²) in [7, 11) is -3.67. The maximum atomic E-state index is 13.0. The predicted molar refractivity (Wildman–Crippen MR) is 125 cm³/mol. The number of carbonyl (C=O) groups excluding carboxylic acids is 1. The van der Waals surface area contributed by atoms with E-state index in [9.17, 15) is 13.2 Å². The number of hydrogen-bond donors (Lipinski definition) is 1. The lowest BCUT2D eigenvalue weighted by atomic mass is 9.99. The summed E-state index contributed by atoms with van der Waals surface area (Å²) in [6, 6.07) is 21.0. The van der Waals surface area contributed by atoms with Crippen molar-refractivity contribution in [1.82, 2.24) is 5.32 Å². The third-order valence-electron chi connectivity index (χ3n) is 5.28. The first-order chi connectivity index (χ1) is 14.7. The number of benzene rings is 3. The molecule has 162 valence electrons. The van der Waals surface area contributed by atoms with Crippen molar-refractivity contribution in [3.63, 3.8) is 0 Å². The van der Waals surface area contributed by atoms with Crippen molar-refractivity contribution in [2.75, 3.05) is 10.8 Å². The van der Waals surface area contributed by atoms with Crippen molar-refractivity contribution in [2.45, 2.75) is 38.6 Å². The molecule has 0 bridgehead atoms. The van der Waals surface area contributed by atoms with Crippen LogP contribution in [0.4, 0.5) is 5.69 Å². The summed E-state index contributed by atoms with van der Waals surface area (Å²) in [6.45, 7) is 8.08. The number of sulfonamides is 1. The van der Waals surface area contributed by atoms with E-state index in [0.717, 1.165) is 16.7 Å². The molecule has 3 aromatic rings. The lowest BCUT2D eigenvalue weighted by Crippen LogP contribution is -2.31. The molecule has 31 heavy (non-hydrogen) atoms. The van der Waals surface area contributed by atoms with Gasteiger partial charge in [0.2, 0.25) is 0 Å². The van der Waals surface area contributed by atoms with Crippen molar-refractivity contribution in [1.29, 1.82) is 0 Å². The van der Waals surface area contributed by atoms with E-state index in [1.807, 2.05) is 20.8 Å². The van der Waals surface area contributed by atoms with Crippen LogP contribution in [0.1, 0.15) is 46.9 Å². The molecule has 0 saturated heterocycles. The summed E-state index contributed by atoms with van der Waals surface area (Å²) in [5, 5.41) is 3.03. The summed E-state index contributed by atoms with van der Waals surface area (Å²) >= 11 is 0. The van der Waals surface area contributed by atoms with Crippen molar-refractivity contribution in [2.24, 2.45) is 0 Å². The summed E-state index contributed by atoms with van der Waals surface area (Å²) < 4.78 is 27.3. The highest BCUT2D eigenvalue weighted by molar-refractivity contribution is 7.92. The van der Waals surface area contributed by atoms with E-state index in [2.05, 4.69) is 23.5 Å². The van der Waals surface area contributed by atoms with Crippen LogP contribution in [0.25, 0.3) is 0 Å². The lowest BCUT2D eigenvalue weighted by molar-refractivity contribution is 0.0940. The van der Waals surface area contributed by atoms with Gasteiger partial charge in [0.05, 0.1) is 16.6 Å². The van der Waals surface area contributed by atoms with Gasteiger partial charge in [-0.25, -0.2) is 8.42 Å². The van der Waals surface area contributed by atoms with Gasteiger partial charge in [-0.3, -0.25) is 9.10 Å². The fraction of sp³-hybridized carbons (Fsp3) is 0.240. The lowest BCUT2D eigenvalue weighted by Gasteiger charge is -2.23. The molecular weight excluding hydrogens is 408 g/mol. The minimum Gasteiger partial charge on any atom is -0.346 e. The molecule has 0 heterocycles. The van der Waals surface area contributed by atoms with E-state index in [4.69, 9.17) is 0 Å². The highest BCUT2D eigenvalue weighted by atomic mass is 32.2. The van der Waals surface area contributed by atoms with E-state index < -0.39 is 10.0 Å². The quantitative estimate of drug-likeness (QED) is 0.566. The number of amides is 1. The average molecular weight is 437 g/mol. The van der Waals surface area contributed by atoms with Crippen molar-refractivity contribution in [3.8, 4) is 0 Å². The second-order valence-electron chi connectivity index (χ2n) is 7.58. The van der Waals surface area contributed by atoms with Crippen LogP contribution in [-0.2, 0) is 10.0 Å². The summed E-state index contributed by atoms with van der Waals surface area (Å²) in [6.07, 6.45) is 0. The monoisotopic (exact) mass is 436 g/mol. The van der Waals surface area contributed by atoms with Crippen LogP contribution in [0, 0.1) is 13.8 Å². The molecule has 0 spiro atoms. The van der Waals surface area contributed by atoms with Crippen LogP contribution in [-0.4, -0.2) is 20.9 Å². The Morgan fingerprint density at radius 2 is 1.61 bits per heavy atom. The topological polar surface area (TPSA) is 66.5 Å². The molecular formula is C25H28N2O3S. The zero-order valence-electron chi connectivity index (χ0n) is 18.3. The van der Waals surface area contributed by atoms with Crippen molar-refractivity contribution < 1.29 is 13.2 Å². The molecule has 1 atom stereocenters. The molecule has 1 unspecified atom stereocenters. The number of rotatable bonds is 7. The largest absolute Gasteiger partial charge is 0.346 e. The second kappa shape index (κ2) is 9.35. The summed E-state index contributed by atoms with van der Waals surface area (Å²) in [4.78, 5) is 13.0. The van der Waals surface area contributed by atoms with Crippen LogP contribution in [0.2, 0.25) is 0 Å². The van der Waals surface area contributed by atoms with Gasteiger partial charge in [-0.05, 0) is 75.2 Å². The van der Waals surface area contributed by atoms with Crippen LogP contribution >= 0.6 is 0 Å². The van der Waals surface area contributed by atoms with Gasteiger partial charge in [0.25, 0.3) is 15.9 Å². The smallest absolute Gasteiger partial charge is 0.264 e. The number of hydrogen-bond acceptors (Lipinski definition) is 3. The minimum absolute atomic E-state index is 0.141. The van der Waals surface area contributed by atoms with Crippen LogP contribution < -0.4 is 9.62 Å². The Morgan fingerprint density at radius 3 is 2.23 bits per heavy atom. The standard InChI is InChI=1S/C25H28N2O3S/c1-5-27(31(29,30)23-9-7-6-8-10-23)22-15-13-21(14-16-22)25(28)26-20(4)24-17-18(2)11-12-19(24)3/h6-17,20H,5H2,1-4H3,(H,26,28). The molecule has 1 amide bonds. The number of carbonyl (C=O) groups is 1. The van der Waals surface area contributed by atoms with Gasteiger partial charge < -0.3 is 5.32 Å². The summed E-state index contributed by atoms with van der Waals surface area (Å²) in [5.74, 6) is -0.200. The summed E-state index contributed by atoms with van der Waals surface area (Å²) in [5.41, 5.74) is 4.35. The van der Waals surface area contributed by atoms with Gasteiger partial charge in [0, 0.05) is 12.1 Å². The van der Waals surface area contributed by atoms with Gasteiger partial charge in [0.15, 0.2) is 0 Å². The van der Waals surface area contributed by atoms with Gasteiger partial charge in [-0.2, -0.15) is 0 Å². The van der Waals surface area contributed by atoms with Crippen LogP contribution in [0.15, 0.2) is 77.7 Å². The number of nitrogens with one attached hydrogen (secondary N) is 1. The van der Waals surface area contributed by atoms with Gasteiger partial charge in [-0.15, -0.1) is 0 Å². The molecule has 5 nitrogen and oxygen atoms in total. The minimum atomic E-state index is -3.67. The first-order valence-electron chi connectivity index (χ1n) is 10.3. The maximum Gasteiger partial charge on any atom is 0.264 e. The highest BCUT2D eigenvalue weighted by Gasteiger charge is 2.23. The fourth-order valence-corrected chi connectivity index (χ4v) is 5.07. The maximum absolute atomic E-state index is 13.0. The molecule has 0 aliphatic rings. The SMILES string of the molecule is CCN(c1ccc(C(=O)NC(C)c2cc(C)ccc2C)cc1)S(=O)(=O)c1ccccc1. The van der Waals surface area contributed by atoms with E-state index in [-0.39, 0.29) is 23.4 Å². The Morgan fingerprint density at radius 1 is 0.968 bits per heavy atom. The Hall–Kier alpha value is -3.12. The zero-order valence-corrected chi connectivity index (χ0v) is 19.1. The van der Waals surface area contributed by atoms with E-state index in [1.165, 1.54) is 4.31 Å². The number of anilines is 1. The van der Waals surface area contributed by atoms with Crippen molar-refractivity contribution >= 4 is 21.6 Å².